The number of hydrogen-bond acceptors (Lipinski definition) is 2. The first-order valence-corrected chi connectivity index (χ1v) is 6.18. The fraction of sp³-hybridized carbons (Fsp3) is 0.846. The average molecular weight is 242 g/mol. The van der Waals surface area contributed by atoms with Gasteiger partial charge in [0.25, 0.3) is 0 Å². The van der Waals surface area contributed by atoms with Crippen LogP contribution < -0.4 is 5.32 Å². The predicted molar refractivity (Wildman–Crippen MR) is 69.6 cm³/mol. The molecule has 0 spiro atoms. The molecule has 0 fully saturated rings. The lowest BCUT2D eigenvalue weighted by Crippen LogP contribution is -2.47. The average Bonchev–Trinajstić information content (AvgIpc) is 2.08. The quantitative estimate of drug-likeness (QED) is 0.799. The molecule has 0 bridgehead atoms. The Kier molecular flexibility index (Phi) is 6.21. The number of carbonyl (C=O) groups excluding carboxylic acids is 2. The number of nitrogens with one attached hydrogen (secondary N) is 1. The first-order valence-electron chi connectivity index (χ1n) is 6.18. The fourth-order valence-electron chi connectivity index (χ4n) is 1.39. The Bertz CT molecular complexity index is 267. The minimum Gasteiger partial charge on any atom is -0.350 e. The van der Waals surface area contributed by atoms with Crippen molar-refractivity contribution in [3.63, 3.8) is 0 Å². The van der Waals surface area contributed by atoms with Gasteiger partial charge in [0.05, 0.1) is 6.54 Å². The lowest BCUT2D eigenvalue weighted by atomic mass is 10.1. The lowest BCUT2D eigenvalue weighted by molar-refractivity contribution is -0.135. The van der Waals surface area contributed by atoms with Gasteiger partial charge >= 0.3 is 0 Å². The van der Waals surface area contributed by atoms with Gasteiger partial charge in [0.15, 0.2) is 0 Å². The van der Waals surface area contributed by atoms with Gasteiger partial charge in [-0.1, -0.05) is 13.8 Å². The smallest absolute Gasteiger partial charge is 0.240 e. The molecular formula is C13H26N2O2. The van der Waals surface area contributed by atoms with Crippen molar-refractivity contribution in [3.05, 3.63) is 0 Å². The molecule has 0 aliphatic carbocycles. The SMILES string of the molecule is CC(=O)N(CCC(C)C)CC(=O)NC(C)(C)C. The standard InChI is InChI=1S/C13H26N2O2/c1-10(2)7-8-15(11(3)16)9-12(17)14-13(4,5)6/h10H,7-9H2,1-6H3,(H,14,17). The van der Waals surface area contributed by atoms with Crippen molar-refractivity contribution >= 4 is 11.8 Å². The summed E-state index contributed by atoms with van der Waals surface area (Å²) in [5.74, 6) is 0.383. The van der Waals surface area contributed by atoms with Crippen molar-refractivity contribution in [2.24, 2.45) is 5.92 Å². The van der Waals surface area contributed by atoms with Crippen LogP contribution in [-0.2, 0) is 9.59 Å². The highest BCUT2D eigenvalue weighted by Crippen LogP contribution is 2.03. The van der Waals surface area contributed by atoms with E-state index in [1.807, 2.05) is 20.8 Å². The third-order valence-corrected chi connectivity index (χ3v) is 2.27. The van der Waals surface area contributed by atoms with Crippen molar-refractivity contribution in [2.75, 3.05) is 13.1 Å². The molecule has 0 atom stereocenters. The highest BCUT2D eigenvalue weighted by molar-refractivity contribution is 5.84. The van der Waals surface area contributed by atoms with Crippen LogP contribution in [0.15, 0.2) is 0 Å². The third-order valence-electron chi connectivity index (χ3n) is 2.27. The summed E-state index contributed by atoms with van der Waals surface area (Å²) in [5.41, 5.74) is -0.252. The molecule has 100 valence electrons. The van der Waals surface area contributed by atoms with Crippen LogP contribution in [0.4, 0.5) is 0 Å². The second-order valence-corrected chi connectivity index (χ2v) is 5.92. The van der Waals surface area contributed by atoms with Gasteiger partial charge in [0, 0.05) is 19.0 Å². The molecule has 0 saturated carbocycles. The molecule has 0 rings (SSSR count). The molecule has 0 aromatic rings. The molecule has 0 saturated heterocycles. The van der Waals surface area contributed by atoms with Crippen LogP contribution in [0.5, 0.6) is 0 Å². The van der Waals surface area contributed by atoms with E-state index >= 15 is 0 Å². The molecule has 0 aromatic carbocycles. The summed E-state index contributed by atoms with van der Waals surface area (Å²) in [5, 5.41) is 2.86. The van der Waals surface area contributed by atoms with E-state index in [9.17, 15) is 9.59 Å². The number of amides is 2. The molecule has 0 heterocycles. The first-order chi connectivity index (χ1) is 7.61. The van der Waals surface area contributed by atoms with Crippen molar-refractivity contribution in [1.29, 1.82) is 0 Å². The molecular weight excluding hydrogens is 216 g/mol. The zero-order chi connectivity index (χ0) is 13.6. The second kappa shape index (κ2) is 6.62. The van der Waals surface area contributed by atoms with Gasteiger partial charge in [-0.25, -0.2) is 0 Å². The molecule has 0 aliphatic rings. The normalized spacial score (nSPS) is 11.5. The zero-order valence-corrected chi connectivity index (χ0v) is 12.0. The summed E-state index contributed by atoms with van der Waals surface area (Å²) >= 11 is 0. The Balaban J connectivity index is 4.26. The number of nitrogens with zero attached hydrogens (tertiary/aromatic N) is 1. The second-order valence-electron chi connectivity index (χ2n) is 5.92. The van der Waals surface area contributed by atoms with E-state index in [1.54, 1.807) is 4.90 Å². The highest BCUT2D eigenvalue weighted by atomic mass is 16.2. The molecule has 1 N–H and O–H groups in total. The van der Waals surface area contributed by atoms with Gasteiger partial charge in [-0.05, 0) is 33.1 Å². The summed E-state index contributed by atoms with van der Waals surface area (Å²) in [4.78, 5) is 24.7. The van der Waals surface area contributed by atoms with Gasteiger partial charge in [0.2, 0.25) is 11.8 Å². The first kappa shape index (κ1) is 15.9. The van der Waals surface area contributed by atoms with E-state index < -0.39 is 0 Å². The molecule has 17 heavy (non-hydrogen) atoms. The Morgan fingerprint density at radius 1 is 1.24 bits per heavy atom. The third kappa shape index (κ3) is 8.72. The summed E-state index contributed by atoms with van der Waals surface area (Å²) in [7, 11) is 0. The van der Waals surface area contributed by atoms with Crippen LogP contribution in [0.2, 0.25) is 0 Å². The summed E-state index contributed by atoms with van der Waals surface area (Å²) in [6, 6.07) is 0. The van der Waals surface area contributed by atoms with Crippen molar-refractivity contribution in [1.82, 2.24) is 10.2 Å². The Labute approximate surface area is 105 Å². The van der Waals surface area contributed by atoms with E-state index in [0.29, 0.717) is 12.5 Å². The van der Waals surface area contributed by atoms with E-state index in [4.69, 9.17) is 0 Å². The largest absolute Gasteiger partial charge is 0.350 e. The number of carbonyl (C=O) groups is 2. The molecule has 0 unspecified atom stereocenters. The minimum absolute atomic E-state index is 0.0466. The maximum atomic E-state index is 11.7. The minimum atomic E-state index is -0.252. The van der Waals surface area contributed by atoms with Crippen LogP contribution in [0.1, 0.15) is 48.0 Å². The predicted octanol–water partition coefficient (Wildman–Crippen LogP) is 1.80. The molecule has 0 aliphatic heterocycles. The molecule has 4 heteroatoms. The maximum Gasteiger partial charge on any atom is 0.240 e. The zero-order valence-electron chi connectivity index (χ0n) is 12.0. The molecule has 4 nitrogen and oxygen atoms in total. The van der Waals surface area contributed by atoms with Crippen LogP contribution in [0.3, 0.4) is 0 Å². The molecule has 2 amide bonds. The molecule has 0 aromatic heterocycles. The van der Waals surface area contributed by atoms with Crippen LogP contribution in [0, 0.1) is 5.92 Å². The highest BCUT2D eigenvalue weighted by Gasteiger charge is 2.18. The van der Waals surface area contributed by atoms with Gasteiger partial charge in [0.1, 0.15) is 0 Å². The summed E-state index contributed by atoms with van der Waals surface area (Å²) in [6.07, 6.45) is 0.919. The van der Waals surface area contributed by atoms with Crippen molar-refractivity contribution in [3.8, 4) is 0 Å². The lowest BCUT2D eigenvalue weighted by Gasteiger charge is -2.25. The monoisotopic (exact) mass is 242 g/mol. The number of rotatable bonds is 5. The summed E-state index contributed by atoms with van der Waals surface area (Å²) < 4.78 is 0. The van der Waals surface area contributed by atoms with Gasteiger partial charge in [-0.3, -0.25) is 9.59 Å². The molecule has 0 radical (unpaired) electrons. The maximum absolute atomic E-state index is 11.7. The Hall–Kier alpha value is -1.06. The van der Waals surface area contributed by atoms with E-state index in [2.05, 4.69) is 19.2 Å². The van der Waals surface area contributed by atoms with E-state index in [1.165, 1.54) is 6.92 Å². The Morgan fingerprint density at radius 3 is 2.12 bits per heavy atom. The van der Waals surface area contributed by atoms with Crippen LogP contribution in [0.25, 0.3) is 0 Å². The topological polar surface area (TPSA) is 49.4 Å². The van der Waals surface area contributed by atoms with E-state index in [0.717, 1.165) is 6.42 Å². The fourth-order valence-corrected chi connectivity index (χ4v) is 1.39. The van der Waals surface area contributed by atoms with Gasteiger partial charge < -0.3 is 10.2 Å². The van der Waals surface area contributed by atoms with E-state index in [-0.39, 0.29) is 23.9 Å². The van der Waals surface area contributed by atoms with Gasteiger partial charge in [-0.15, -0.1) is 0 Å². The van der Waals surface area contributed by atoms with Crippen molar-refractivity contribution < 1.29 is 9.59 Å². The van der Waals surface area contributed by atoms with Crippen LogP contribution in [-0.4, -0.2) is 35.3 Å². The van der Waals surface area contributed by atoms with Crippen LogP contribution >= 0.6 is 0 Å². The Morgan fingerprint density at radius 2 is 1.76 bits per heavy atom. The summed E-state index contributed by atoms with van der Waals surface area (Å²) in [6.45, 7) is 12.3. The van der Waals surface area contributed by atoms with Gasteiger partial charge in [-0.2, -0.15) is 0 Å². The number of hydrogen-bond donors (Lipinski definition) is 1. The van der Waals surface area contributed by atoms with Crippen molar-refractivity contribution in [2.45, 2.75) is 53.5 Å².